The summed E-state index contributed by atoms with van der Waals surface area (Å²) in [6.07, 6.45) is 0. The largest absolute Gasteiger partial charge is 0.454 e. The lowest BCUT2D eigenvalue weighted by molar-refractivity contribution is 0.174. The van der Waals surface area contributed by atoms with Crippen LogP contribution in [0.1, 0.15) is 22.6 Å². The zero-order chi connectivity index (χ0) is 22.3. The molecule has 0 aliphatic carbocycles. The van der Waals surface area contributed by atoms with E-state index in [4.69, 9.17) is 9.47 Å². The molecule has 1 fully saturated rings. The van der Waals surface area contributed by atoms with Gasteiger partial charge in [-0.25, -0.2) is 8.42 Å². The lowest BCUT2D eigenvalue weighted by Gasteiger charge is -2.26. The summed E-state index contributed by atoms with van der Waals surface area (Å²) in [5, 5.41) is 0. The molecule has 2 heterocycles. The predicted molar refractivity (Wildman–Crippen MR) is 123 cm³/mol. The van der Waals surface area contributed by atoms with Crippen LogP contribution < -0.4 is 9.47 Å². The first-order chi connectivity index (χ1) is 15.4. The van der Waals surface area contributed by atoms with Crippen LogP contribution in [0.3, 0.4) is 0 Å². The van der Waals surface area contributed by atoms with E-state index in [9.17, 15) is 8.42 Å². The van der Waals surface area contributed by atoms with E-state index in [1.165, 1.54) is 0 Å². The molecular weight excluding hydrogens is 422 g/mol. The van der Waals surface area contributed by atoms with Crippen molar-refractivity contribution < 1.29 is 17.9 Å². The van der Waals surface area contributed by atoms with E-state index in [0.29, 0.717) is 18.0 Å². The van der Waals surface area contributed by atoms with Crippen molar-refractivity contribution in [2.45, 2.75) is 17.7 Å². The Hall–Kier alpha value is -3.09. The van der Waals surface area contributed by atoms with E-state index < -0.39 is 10.0 Å². The molecule has 3 aromatic carbocycles. The molecule has 0 aromatic heterocycles. The fraction of sp³-hybridized carbons (Fsp3) is 0.231. The van der Waals surface area contributed by atoms with Crippen LogP contribution in [0, 0.1) is 12.8 Å². The first-order valence-corrected chi connectivity index (χ1v) is 12.1. The molecule has 2 aliphatic heterocycles. The van der Waals surface area contributed by atoms with E-state index in [2.05, 4.69) is 18.7 Å². The van der Waals surface area contributed by atoms with Crippen molar-refractivity contribution in [3.63, 3.8) is 0 Å². The van der Waals surface area contributed by atoms with Crippen LogP contribution >= 0.6 is 0 Å². The summed E-state index contributed by atoms with van der Waals surface area (Å²) >= 11 is 0. The minimum absolute atomic E-state index is 0.0450. The topological polar surface area (TPSA) is 55.8 Å². The van der Waals surface area contributed by atoms with Gasteiger partial charge in [0.2, 0.25) is 16.8 Å². The minimum Gasteiger partial charge on any atom is -0.454 e. The average Bonchev–Trinajstić information content (AvgIpc) is 3.42. The molecule has 2 atom stereocenters. The van der Waals surface area contributed by atoms with E-state index in [0.717, 1.165) is 33.8 Å². The van der Waals surface area contributed by atoms with Crippen molar-refractivity contribution in [1.29, 1.82) is 0 Å². The summed E-state index contributed by atoms with van der Waals surface area (Å²) in [4.78, 5) is 0.316. The maximum absolute atomic E-state index is 13.3. The van der Waals surface area contributed by atoms with E-state index in [1.807, 2.05) is 55.5 Å². The first kappa shape index (κ1) is 20.8. The molecule has 0 saturated carbocycles. The molecule has 164 valence electrons. The maximum atomic E-state index is 13.3. The molecule has 5 rings (SSSR count). The Labute approximate surface area is 189 Å². The summed E-state index contributed by atoms with van der Waals surface area (Å²) in [7, 11) is -3.60. The molecule has 0 spiro atoms. The van der Waals surface area contributed by atoms with Gasteiger partial charge in [0, 0.05) is 24.9 Å². The smallest absolute Gasteiger partial charge is 0.243 e. The molecule has 0 N–H and O–H groups in total. The highest BCUT2D eigenvalue weighted by atomic mass is 32.2. The van der Waals surface area contributed by atoms with Crippen molar-refractivity contribution in [2.24, 2.45) is 5.92 Å². The van der Waals surface area contributed by atoms with Crippen molar-refractivity contribution in [3.05, 3.63) is 102 Å². The van der Waals surface area contributed by atoms with Crippen LogP contribution in [0.5, 0.6) is 11.5 Å². The van der Waals surface area contributed by atoms with Crippen molar-refractivity contribution in [1.82, 2.24) is 4.31 Å². The maximum Gasteiger partial charge on any atom is 0.243 e. The predicted octanol–water partition coefficient (Wildman–Crippen LogP) is 4.73. The number of benzene rings is 3. The van der Waals surface area contributed by atoms with Crippen LogP contribution in [-0.2, 0) is 10.0 Å². The number of hydrogen-bond donors (Lipinski definition) is 0. The highest BCUT2D eigenvalue weighted by molar-refractivity contribution is 7.89. The van der Waals surface area contributed by atoms with Crippen LogP contribution in [0.15, 0.2) is 89.8 Å². The Bertz CT molecular complexity index is 1250. The molecule has 6 heteroatoms. The number of rotatable bonds is 5. The van der Waals surface area contributed by atoms with Gasteiger partial charge in [-0.05, 0) is 42.3 Å². The molecule has 0 amide bonds. The van der Waals surface area contributed by atoms with Gasteiger partial charge in [0.25, 0.3) is 0 Å². The summed E-state index contributed by atoms with van der Waals surface area (Å²) < 4.78 is 39.3. The van der Waals surface area contributed by atoms with Gasteiger partial charge in [-0.2, -0.15) is 4.31 Å². The normalized spacial score (nSPS) is 19.3. The summed E-state index contributed by atoms with van der Waals surface area (Å²) in [6, 6.07) is 23.1. The highest BCUT2D eigenvalue weighted by Crippen LogP contribution is 2.44. The van der Waals surface area contributed by atoms with E-state index in [-0.39, 0.29) is 18.6 Å². The Morgan fingerprint density at radius 1 is 0.938 bits per heavy atom. The molecule has 3 aromatic rings. The van der Waals surface area contributed by atoms with Crippen LogP contribution in [-0.4, -0.2) is 32.6 Å². The fourth-order valence-corrected chi connectivity index (χ4v) is 6.04. The van der Waals surface area contributed by atoms with Gasteiger partial charge >= 0.3 is 0 Å². The van der Waals surface area contributed by atoms with Crippen molar-refractivity contribution in [3.8, 4) is 11.5 Å². The van der Waals surface area contributed by atoms with Crippen molar-refractivity contribution >= 4 is 10.0 Å². The van der Waals surface area contributed by atoms with Crippen LogP contribution in [0.25, 0.3) is 0 Å². The molecule has 1 saturated heterocycles. The first-order valence-electron chi connectivity index (χ1n) is 10.6. The second kappa shape index (κ2) is 8.11. The quantitative estimate of drug-likeness (QED) is 0.531. The number of aryl methyl sites for hydroxylation is 1. The number of hydrogen-bond acceptors (Lipinski definition) is 4. The van der Waals surface area contributed by atoms with Gasteiger partial charge in [-0.1, -0.05) is 66.2 Å². The average molecular weight is 448 g/mol. The molecule has 2 aliphatic rings. The standard InChI is InChI=1S/C26H25NO4S/c1-18-8-11-22(12-9-18)32(28,29)27-15-19(2)23(16-27)26(20-6-4-3-5-7-20)21-10-13-24-25(14-21)31-17-30-24/h3-14,23,26H,2,15-17H2,1H3/t23-,26+/m1/s1. The lowest BCUT2D eigenvalue weighted by Crippen LogP contribution is -2.30. The Morgan fingerprint density at radius 3 is 2.41 bits per heavy atom. The minimum atomic E-state index is -3.60. The summed E-state index contributed by atoms with van der Waals surface area (Å²) in [6.45, 7) is 7.14. The molecule has 32 heavy (non-hydrogen) atoms. The third-order valence-electron chi connectivity index (χ3n) is 6.28. The SMILES string of the molecule is C=C1CN(S(=O)(=O)c2ccc(C)cc2)C[C@H]1[C@@H](c1ccccc1)c1ccc2c(c1)OCO2. The molecule has 0 unspecified atom stereocenters. The van der Waals surface area contributed by atoms with Crippen LogP contribution in [0.2, 0.25) is 0 Å². The zero-order valence-electron chi connectivity index (χ0n) is 17.9. The molecular formula is C26H25NO4S. The molecule has 5 nitrogen and oxygen atoms in total. The van der Waals surface area contributed by atoms with E-state index >= 15 is 0 Å². The number of sulfonamides is 1. The van der Waals surface area contributed by atoms with Gasteiger partial charge in [0.1, 0.15) is 0 Å². The monoisotopic (exact) mass is 447 g/mol. The van der Waals surface area contributed by atoms with Gasteiger partial charge < -0.3 is 9.47 Å². The Kier molecular flexibility index (Phi) is 5.27. The van der Waals surface area contributed by atoms with Crippen LogP contribution in [0.4, 0.5) is 0 Å². The van der Waals surface area contributed by atoms with Gasteiger partial charge in [-0.3, -0.25) is 0 Å². The number of nitrogens with zero attached hydrogens (tertiary/aromatic N) is 1. The second-order valence-electron chi connectivity index (χ2n) is 8.38. The Morgan fingerprint density at radius 2 is 1.66 bits per heavy atom. The zero-order valence-corrected chi connectivity index (χ0v) is 18.7. The number of fused-ring (bicyclic) bond motifs is 1. The highest BCUT2D eigenvalue weighted by Gasteiger charge is 2.40. The Balaban J connectivity index is 1.51. The number of ether oxygens (including phenoxy) is 2. The second-order valence-corrected chi connectivity index (χ2v) is 10.3. The van der Waals surface area contributed by atoms with Gasteiger partial charge in [0.15, 0.2) is 11.5 Å². The third kappa shape index (κ3) is 3.70. The van der Waals surface area contributed by atoms with Crippen molar-refractivity contribution in [2.75, 3.05) is 19.9 Å². The van der Waals surface area contributed by atoms with E-state index in [1.54, 1.807) is 16.4 Å². The van der Waals surface area contributed by atoms with Gasteiger partial charge in [0.05, 0.1) is 4.90 Å². The van der Waals surface area contributed by atoms with Gasteiger partial charge in [-0.15, -0.1) is 0 Å². The molecule has 0 bridgehead atoms. The third-order valence-corrected chi connectivity index (χ3v) is 8.11. The fourth-order valence-electron chi connectivity index (χ4n) is 4.56. The molecule has 0 radical (unpaired) electrons. The summed E-state index contributed by atoms with van der Waals surface area (Å²) in [5.41, 5.74) is 4.11. The summed E-state index contributed by atoms with van der Waals surface area (Å²) in [5.74, 6) is 1.35. The lowest BCUT2D eigenvalue weighted by atomic mass is 9.78.